The van der Waals surface area contributed by atoms with Crippen molar-refractivity contribution < 1.29 is 0 Å². The third-order valence-corrected chi connectivity index (χ3v) is 4.24. The minimum atomic E-state index is 0. The van der Waals surface area contributed by atoms with Crippen LogP contribution in [-0.2, 0) is 20.1 Å². The van der Waals surface area contributed by atoms with E-state index in [1.165, 1.54) is 0 Å². The summed E-state index contributed by atoms with van der Waals surface area (Å²) in [5.74, 6) is 3.67. The molecule has 0 aliphatic rings. The summed E-state index contributed by atoms with van der Waals surface area (Å²) in [6.07, 6.45) is 4.99. The van der Waals surface area contributed by atoms with Gasteiger partial charge < -0.3 is 15.2 Å². The Morgan fingerprint density at radius 3 is 2.76 bits per heavy atom. The van der Waals surface area contributed by atoms with Crippen molar-refractivity contribution in [3.63, 3.8) is 0 Å². The maximum absolute atomic E-state index is 4.61. The molecule has 0 saturated carbocycles. The van der Waals surface area contributed by atoms with E-state index in [2.05, 4.69) is 37.1 Å². The smallest absolute Gasteiger partial charge is 0.192 e. The molecule has 0 aromatic carbocycles. The molecule has 0 amide bonds. The Kier molecular flexibility index (Phi) is 10.5. The van der Waals surface area contributed by atoms with E-state index in [1.54, 1.807) is 6.20 Å². The predicted octanol–water partition coefficient (Wildman–Crippen LogP) is 2.13. The average molecular weight is 475 g/mol. The summed E-state index contributed by atoms with van der Waals surface area (Å²) in [6, 6.07) is 5.85. The molecule has 0 aliphatic carbocycles. The summed E-state index contributed by atoms with van der Waals surface area (Å²) in [5, 5.41) is 14.9. The van der Waals surface area contributed by atoms with E-state index in [9.17, 15) is 0 Å². The summed E-state index contributed by atoms with van der Waals surface area (Å²) < 4.78 is 1.97. The van der Waals surface area contributed by atoms with Crippen molar-refractivity contribution >= 4 is 41.7 Å². The largest absolute Gasteiger partial charge is 0.356 e. The van der Waals surface area contributed by atoms with E-state index in [4.69, 9.17) is 0 Å². The molecule has 138 valence electrons. The molecule has 2 aromatic rings. The van der Waals surface area contributed by atoms with Gasteiger partial charge in [-0.25, -0.2) is 4.99 Å². The van der Waals surface area contributed by atoms with Crippen molar-refractivity contribution in [2.75, 3.05) is 18.6 Å². The third-order valence-electron chi connectivity index (χ3n) is 3.54. The molecule has 0 spiro atoms. The molecule has 9 heteroatoms. The monoisotopic (exact) mass is 475 g/mol. The number of thioether (sulfide) groups is 1. The van der Waals surface area contributed by atoms with E-state index in [0.717, 1.165) is 42.0 Å². The lowest BCUT2D eigenvalue weighted by Gasteiger charge is -2.12. The maximum atomic E-state index is 4.61. The van der Waals surface area contributed by atoms with Crippen LogP contribution < -0.4 is 10.6 Å². The van der Waals surface area contributed by atoms with Crippen LogP contribution in [0, 0.1) is 6.92 Å². The molecule has 2 heterocycles. The van der Waals surface area contributed by atoms with Crippen molar-refractivity contribution in [2.24, 2.45) is 12.0 Å². The van der Waals surface area contributed by atoms with E-state index >= 15 is 0 Å². The normalized spacial score (nSPS) is 11.1. The van der Waals surface area contributed by atoms with Gasteiger partial charge in [0.15, 0.2) is 11.8 Å². The van der Waals surface area contributed by atoms with Crippen LogP contribution >= 0.6 is 35.7 Å². The molecule has 0 fully saturated rings. The van der Waals surface area contributed by atoms with Crippen LogP contribution in [0.1, 0.15) is 23.8 Å². The number of aliphatic imine (C=N–C) groups is 1. The summed E-state index contributed by atoms with van der Waals surface area (Å²) in [7, 11) is 1.96. The highest BCUT2D eigenvalue weighted by atomic mass is 127. The fraction of sp³-hybridized carbons (Fsp3) is 0.500. The van der Waals surface area contributed by atoms with E-state index < -0.39 is 0 Å². The first-order chi connectivity index (χ1) is 11.7. The average Bonchev–Trinajstić information content (AvgIpc) is 2.93. The molecule has 0 saturated heterocycles. The number of aromatic nitrogens is 4. The van der Waals surface area contributed by atoms with Gasteiger partial charge in [-0.1, -0.05) is 6.07 Å². The number of nitrogens with zero attached hydrogens (tertiary/aromatic N) is 5. The first-order valence-corrected chi connectivity index (χ1v) is 9.36. The maximum Gasteiger partial charge on any atom is 0.192 e. The molecule has 2 N–H and O–H groups in total. The molecule has 2 rings (SSSR count). The predicted molar refractivity (Wildman–Crippen MR) is 114 cm³/mol. The second kappa shape index (κ2) is 12.1. The SMILES string of the molecule is CSCCCNC(=NCc1ccccn1)NCc1nnc(C)n1C.I. The number of aryl methyl sites for hydroxylation is 1. The summed E-state index contributed by atoms with van der Waals surface area (Å²) >= 11 is 1.85. The number of hydrogen-bond acceptors (Lipinski definition) is 5. The Morgan fingerprint density at radius 2 is 2.12 bits per heavy atom. The Balaban J connectivity index is 0.00000312. The van der Waals surface area contributed by atoms with Crippen molar-refractivity contribution in [3.8, 4) is 0 Å². The van der Waals surface area contributed by atoms with Crippen LogP contribution in [-0.4, -0.2) is 44.3 Å². The van der Waals surface area contributed by atoms with E-state index in [1.807, 2.05) is 48.5 Å². The quantitative estimate of drug-likeness (QED) is 0.264. The minimum absolute atomic E-state index is 0. The first-order valence-electron chi connectivity index (χ1n) is 7.96. The van der Waals surface area contributed by atoms with Gasteiger partial charge in [0.1, 0.15) is 5.82 Å². The van der Waals surface area contributed by atoms with Gasteiger partial charge >= 0.3 is 0 Å². The second-order valence-electron chi connectivity index (χ2n) is 5.34. The Morgan fingerprint density at radius 1 is 1.28 bits per heavy atom. The highest BCUT2D eigenvalue weighted by Crippen LogP contribution is 1.99. The summed E-state index contributed by atoms with van der Waals surface area (Å²) in [4.78, 5) is 8.91. The Bertz CT molecular complexity index is 645. The van der Waals surface area contributed by atoms with Crippen LogP contribution in [0.4, 0.5) is 0 Å². The highest BCUT2D eigenvalue weighted by Gasteiger charge is 2.06. The zero-order valence-corrected chi connectivity index (χ0v) is 18.0. The van der Waals surface area contributed by atoms with Crippen LogP contribution in [0.25, 0.3) is 0 Å². The van der Waals surface area contributed by atoms with Crippen molar-refractivity contribution in [2.45, 2.75) is 26.4 Å². The third kappa shape index (κ3) is 7.59. The van der Waals surface area contributed by atoms with E-state index in [-0.39, 0.29) is 24.0 Å². The zero-order chi connectivity index (χ0) is 17.2. The number of guanidine groups is 1. The van der Waals surface area contributed by atoms with E-state index in [0.29, 0.717) is 13.1 Å². The molecule has 0 bridgehead atoms. The van der Waals surface area contributed by atoms with Crippen LogP contribution in [0.15, 0.2) is 29.4 Å². The van der Waals surface area contributed by atoms with Crippen molar-refractivity contribution in [3.05, 3.63) is 41.7 Å². The lowest BCUT2D eigenvalue weighted by atomic mass is 10.3. The van der Waals surface area contributed by atoms with Crippen LogP contribution in [0.3, 0.4) is 0 Å². The first kappa shape index (κ1) is 21.7. The Hall–Kier alpha value is -1.36. The fourth-order valence-corrected chi connectivity index (χ4v) is 2.45. The van der Waals surface area contributed by atoms with Gasteiger partial charge in [0, 0.05) is 19.8 Å². The molecule has 25 heavy (non-hydrogen) atoms. The molecular weight excluding hydrogens is 449 g/mol. The van der Waals surface area contributed by atoms with Crippen molar-refractivity contribution in [1.82, 2.24) is 30.4 Å². The fourth-order valence-electron chi connectivity index (χ4n) is 2.02. The summed E-state index contributed by atoms with van der Waals surface area (Å²) in [5.41, 5.74) is 0.942. The standard InChI is InChI=1S/C16H25N7S.HI/c1-13-21-22-15(23(13)2)12-20-16(18-9-6-10-24-3)19-11-14-7-4-5-8-17-14;/h4-5,7-8H,6,9-12H2,1-3H3,(H2,18,19,20);1H. The number of halogens is 1. The van der Waals surface area contributed by atoms with Gasteiger partial charge in [-0.2, -0.15) is 11.8 Å². The van der Waals surface area contributed by atoms with Crippen LogP contribution in [0.5, 0.6) is 0 Å². The number of nitrogens with one attached hydrogen (secondary N) is 2. The highest BCUT2D eigenvalue weighted by molar-refractivity contribution is 14.0. The molecule has 7 nitrogen and oxygen atoms in total. The molecular formula is C16H26IN7S. The van der Waals surface area contributed by atoms with Gasteiger partial charge in [0.05, 0.1) is 18.8 Å². The number of pyridine rings is 1. The number of rotatable bonds is 8. The van der Waals surface area contributed by atoms with Gasteiger partial charge in [-0.15, -0.1) is 34.2 Å². The molecule has 2 aromatic heterocycles. The van der Waals surface area contributed by atoms with Gasteiger partial charge in [0.2, 0.25) is 0 Å². The van der Waals surface area contributed by atoms with Crippen LogP contribution in [0.2, 0.25) is 0 Å². The molecule has 0 atom stereocenters. The Labute approximate surface area is 170 Å². The lowest BCUT2D eigenvalue weighted by Crippen LogP contribution is -2.38. The van der Waals surface area contributed by atoms with Gasteiger partial charge in [-0.3, -0.25) is 4.98 Å². The molecule has 0 unspecified atom stereocenters. The molecule has 0 aliphatic heterocycles. The second-order valence-corrected chi connectivity index (χ2v) is 6.32. The van der Waals surface area contributed by atoms with Crippen molar-refractivity contribution in [1.29, 1.82) is 0 Å². The summed E-state index contributed by atoms with van der Waals surface area (Å²) in [6.45, 7) is 3.93. The van der Waals surface area contributed by atoms with Gasteiger partial charge in [0.25, 0.3) is 0 Å². The van der Waals surface area contributed by atoms with Gasteiger partial charge in [-0.05, 0) is 37.5 Å². The lowest BCUT2D eigenvalue weighted by molar-refractivity contribution is 0.710. The minimum Gasteiger partial charge on any atom is -0.356 e. The number of hydrogen-bond donors (Lipinski definition) is 2. The zero-order valence-electron chi connectivity index (χ0n) is 14.9. The molecule has 0 radical (unpaired) electrons. The topological polar surface area (TPSA) is 80.0 Å².